The maximum absolute atomic E-state index is 12.8. The first kappa shape index (κ1) is 14.9. The lowest BCUT2D eigenvalue weighted by Crippen LogP contribution is -2.25. The minimum Gasteiger partial charge on any atom is -0.379 e. The minimum atomic E-state index is -0.655. The lowest BCUT2D eigenvalue weighted by Gasteiger charge is -2.10. The standard InChI is InChI=1S/C14H19FN2O3/c15-13-9-11(4-6-16-13)14(18)17-5-2-7-19-10-12-3-1-8-20-12/h4,6,9,12H,1-3,5,7-8,10H2,(H,17,18). The van der Waals surface area contributed by atoms with Crippen LogP contribution in [0.25, 0.3) is 0 Å². The molecule has 1 aromatic rings. The fraction of sp³-hybridized carbons (Fsp3) is 0.571. The first-order valence-electron chi connectivity index (χ1n) is 6.85. The second-order valence-electron chi connectivity index (χ2n) is 4.69. The third-order valence-corrected chi connectivity index (χ3v) is 3.07. The Balaban J connectivity index is 1.55. The van der Waals surface area contributed by atoms with Crippen molar-refractivity contribution in [1.82, 2.24) is 10.3 Å². The largest absolute Gasteiger partial charge is 0.379 e. The molecule has 20 heavy (non-hydrogen) atoms. The van der Waals surface area contributed by atoms with Gasteiger partial charge in [0.05, 0.1) is 12.7 Å². The smallest absolute Gasteiger partial charge is 0.251 e. The molecule has 1 fully saturated rings. The van der Waals surface area contributed by atoms with Crippen LogP contribution in [0.1, 0.15) is 29.6 Å². The Kier molecular flexibility index (Phi) is 5.88. The van der Waals surface area contributed by atoms with Gasteiger partial charge in [-0.1, -0.05) is 0 Å². The Morgan fingerprint density at radius 3 is 3.25 bits per heavy atom. The number of carbonyl (C=O) groups is 1. The molecule has 1 aromatic heterocycles. The Hall–Kier alpha value is -1.53. The number of ether oxygens (including phenoxy) is 2. The number of hydrogen-bond donors (Lipinski definition) is 1. The third-order valence-electron chi connectivity index (χ3n) is 3.07. The van der Waals surface area contributed by atoms with Crippen molar-refractivity contribution in [2.75, 3.05) is 26.4 Å². The second kappa shape index (κ2) is 7.91. The molecule has 0 bridgehead atoms. The molecule has 6 heteroatoms. The van der Waals surface area contributed by atoms with Crippen molar-refractivity contribution >= 4 is 5.91 Å². The highest BCUT2D eigenvalue weighted by molar-refractivity contribution is 5.93. The highest BCUT2D eigenvalue weighted by Crippen LogP contribution is 2.11. The summed E-state index contributed by atoms with van der Waals surface area (Å²) in [7, 11) is 0. The molecule has 1 saturated heterocycles. The number of nitrogens with one attached hydrogen (secondary N) is 1. The van der Waals surface area contributed by atoms with Gasteiger partial charge in [-0.3, -0.25) is 4.79 Å². The SMILES string of the molecule is O=C(NCCCOCC1CCCO1)c1ccnc(F)c1. The average molecular weight is 282 g/mol. The Labute approximate surface area is 117 Å². The van der Waals surface area contributed by atoms with Crippen molar-refractivity contribution in [3.05, 3.63) is 29.8 Å². The van der Waals surface area contributed by atoms with E-state index in [-0.39, 0.29) is 17.6 Å². The van der Waals surface area contributed by atoms with Gasteiger partial charge < -0.3 is 14.8 Å². The Morgan fingerprint density at radius 1 is 1.60 bits per heavy atom. The number of carbonyl (C=O) groups excluding carboxylic acids is 1. The number of aromatic nitrogens is 1. The van der Waals surface area contributed by atoms with E-state index < -0.39 is 5.95 Å². The number of amides is 1. The molecule has 1 amide bonds. The van der Waals surface area contributed by atoms with E-state index in [1.807, 2.05) is 0 Å². The summed E-state index contributed by atoms with van der Waals surface area (Å²) >= 11 is 0. The summed E-state index contributed by atoms with van der Waals surface area (Å²) in [5.41, 5.74) is 0.276. The fourth-order valence-electron chi connectivity index (χ4n) is 2.01. The van der Waals surface area contributed by atoms with Crippen molar-refractivity contribution in [3.63, 3.8) is 0 Å². The predicted molar refractivity (Wildman–Crippen MR) is 70.9 cm³/mol. The monoisotopic (exact) mass is 282 g/mol. The fourth-order valence-corrected chi connectivity index (χ4v) is 2.01. The number of halogens is 1. The van der Waals surface area contributed by atoms with Crippen LogP contribution in [-0.2, 0) is 9.47 Å². The van der Waals surface area contributed by atoms with E-state index in [2.05, 4.69) is 10.3 Å². The van der Waals surface area contributed by atoms with Crippen LogP contribution in [0.2, 0.25) is 0 Å². The molecular formula is C14H19FN2O3. The third kappa shape index (κ3) is 4.86. The molecule has 0 saturated carbocycles. The van der Waals surface area contributed by atoms with Crippen LogP contribution in [-0.4, -0.2) is 43.4 Å². The maximum atomic E-state index is 12.8. The van der Waals surface area contributed by atoms with Crippen LogP contribution in [0.5, 0.6) is 0 Å². The zero-order chi connectivity index (χ0) is 14.2. The summed E-state index contributed by atoms with van der Waals surface area (Å²) in [6, 6.07) is 2.59. The molecule has 0 spiro atoms. The zero-order valence-corrected chi connectivity index (χ0v) is 11.3. The molecule has 1 aliphatic rings. The van der Waals surface area contributed by atoms with E-state index in [4.69, 9.17) is 9.47 Å². The van der Waals surface area contributed by atoms with Crippen LogP contribution < -0.4 is 5.32 Å². The van der Waals surface area contributed by atoms with E-state index >= 15 is 0 Å². The Bertz CT molecular complexity index is 436. The number of pyridine rings is 1. The molecule has 1 N–H and O–H groups in total. The highest BCUT2D eigenvalue weighted by Gasteiger charge is 2.14. The van der Waals surface area contributed by atoms with Gasteiger partial charge >= 0.3 is 0 Å². The quantitative estimate of drug-likeness (QED) is 0.608. The summed E-state index contributed by atoms with van der Waals surface area (Å²) in [5, 5.41) is 2.71. The van der Waals surface area contributed by atoms with Crippen molar-refractivity contribution in [2.24, 2.45) is 0 Å². The molecule has 1 atom stereocenters. The molecule has 2 heterocycles. The number of rotatable bonds is 7. The van der Waals surface area contributed by atoms with Gasteiger partial charge in [-0.15, -0.1) is 0 Å². The molecule has 0 aliphatic carbocycles. The number of nitrogens with zero attached hydrogens (tertiary/aromatic N) is 1. The normalized spacial score (nSPS) is 18.1. The minimum absolute atomic E-state index is 0.226. The van der Waals surface area contributed by atoms with Crippen molar-refractivity contribution in [2.45, 2.75) is 25.4 Å². The van der Waals surface area contributed by atoms with E-state index in [0.29, 0.717) is 26.2 Å². The maximum Gasteiger partial charge on any atom is 0.251 e. The summed E-state index contributed by atoms with van der Waals surface area (Å²) in [4.78, 5) is 15.1. The summed E-state index contributed by atoms with van der Waals surface area (Å²) in [5.74, 6) is -0.956. The predicted octanol–water partition coefficient (Wildman–Crippen LogP) is 1.54. The first-order chi connectivity index (χ1) is 9.75. The summed E-state index contributed by atoms with van der Waals surface area (Å²) in [6.45, 7) is 2.51. The lowest BCUT2D eigenvalue weighted by molar-refractivity contribution is 0.0166. The average Bonchev–Trinajstić information content (AvgIpc) is 2.95. The van der Waals surface area contributed by atoms with Crippen molar-refractivity contribution in [3.8, 4) is 0 Å². The second-order valence-corrected chi connectivity index (χ2v) is 4.69. The van der Waals surface area contributed by atoms with E-state index in [1.165, 1.54) is 12.3 Å². The van der Waals surface area contributed by atoms with E-state index in [0.717, 1.165) is 25.5 Å². The molecule has 5 nitrogen and oxygen atoms in total. The molecule has 0 aromatic carbocycles. The topological polar surface area (TPSA) is 60.5 Å². The first-order valence-corrected chi connectivity index (χ1v) is 6.85. The summed E-state index contributed by atoms with van der Waals surface area (Å²) < 4.78 is 23.7. The zero-order valence-electron chi connectivity index (χ0n) is 11.3. The van der Waals surface area contributed by atoms with Gasteiger partial charge in [-0.2, -0.15) is 4.39 Å². The van der Waals surface area contributed by atoms with Gasteiger partial charge in [0.25, 0.3) is 5.91 Å². The molecule has 110 valence electrons. The van der Waals surface area contributed by atoms with Crippen LogP contribution in [0, 0.1) is 5.95 Å². The van der Waals surface area contributed by atoms with Gasteiger partial charge in [0.1, 0.15) is 0 Å². The Morgan fingerprint density at radius 2 is 2.50 bits per heavy atom. The molecular weight excluding hydrogens is 263 g/mol. The molecule has 2 rings (SSSR count). The van der Waals surface area contributed by atoms with Gasteiger partial charge in [-0.25, -0.2) is 4.98 Å². The van der Waals surface area contributed by atoms with Crippen LogP contribution >= 0.6 is 0 Å². The number of hydrogen-bond acceptors (Lipinski definition) is 4. The van der Waals surface area contributed by atoms with Crippen molar-refractivity contribution in [1.29, 1.82) is 0 Å². The molecule has 0 radical (unpaired) electrons. The van der Waals surface area contributed by atoms with Gasteiger partial charge in [0.15, 0.2) is 0 Å². The van der Waals surface area contributed by atoms with Gasteiger partial charge in [0.2, 0.25) is 5.95 Å². The van der Waals surface area contributed by atoms with E-state index in [9.17, 15) is 9.18 Å². The van der Waals surface area contributed by atoms with Crippen LogP contribution in [0.4, 0.5) is 4.39 Å². The van der Waals surface area contributed by atoms with Gasteiger partial charge in [0, 0.05) is 37.6 Å². The van der Waals surface area contributed by atoms with Crippen LogP contribution in [0.15, 0.2) is 18.3 Å². The summed E-state index contributed by atoms with van der Waals surface area (Å²) in [6.07, 6.45) is 4.38. The van der Waals surface area contributed by atoms with Crippen LogP contribution in [0.3, 0.4) is 0 Å². The van der Waals surface area contributed by atoms with Gasteiger partial charge in [-0.05, 0) is 25.3 Å². The lowest BCUT2D eigenvalue weighted by atomic mass is 10.2. The molecule has 1 aliphatic heterocycles. The van der Waals surface area contributed by atoms with Crippen molar-refractivity contribution < 1.29 is 18.7 Å². The van der Waals surface area contributed by atoms with E-state index in [1.54, 1.807) is 0 Å². The highest BCUT2D eigenvalue weighted by atomic mass is 19.1. The molecule has 1 unspecified atom stereocenters.